The Morgan fingerprint density at radius 1 is 1.42 bits per heavy atom. The van der Waals surface area contributed by atoms with Crippen LogP contribution in [0.4, 0.5) is 0 Å². The molecule has 0 unspecified atom stereocenters. The van der Waals surface area contributed by atoms with Crippen molar-refractivity contribution in [1.82, 2.24) is 9.29 Å². The van der Waals surface area contributed by atoms with Crippen LogP contribution in [-0.4, -0.2) is 30.3 Å². The van der Waals surface area contributed by atoms with Crippen molar-refractivity contribution in [2.75, 3.05) is 6.54 Å². The van der Waals surface area contributed by atoms with Crippen LogP contribution in [-0.2, 0) is 10.0 Å². The van der Waals surface area contributed by atoms with Gasteiger partial charge in [-0.25, -0.2) is 13.4 Å². The summed E-state index contributed by atoms with van der Waals surface area (Å²) in [4.78, 5) is 4.01. The van der Waals surface area contributed by atoms with Crippen molar-refractivity contribution in [3.8, 4) is 6.07 Å². The van der Waals surface area contributed by atoms with E-state index in [-0.39, 0.29) is 16.6 Å². The van der Waals surface area contributed by atoms with E-state index in [9.17, 15) is 8.42 Å². The zero-order chi connectivity index (χ0) is 13.9. The number of rotatable bonds is 4. The van der Waals surface area contributed by atoms with E-state index in [4.69, 9.17) is 5.26 Å². The molecule has 19 heavy (non-hydrogen) atoms. The summed E-state index contributed by atoms with van der Waals surface area (Å²) in [6.07, 6.45) is 5.30. The topological polar surface area (TPSA) is 74.1 Å². The molecule has 102 valence electrons. The van der Waals surface area contributed by atoms with Crippen molar-refractivity contribution < 1.29 is 8.42 Å². The van der Waals surface area contributed by atoms with E-state index in [0.29, 0.717) is 6.54 Å². The summed E-state index contributed by atoms with van der Waals surface area (Å²) in [5, 5.41) is 8.69. The van der Waals surface area contributed by atoms with Crippen LogP contribution < -0.4 is 0 Å². The predicted molar refractivity (Wildman–Crippen MR) is 70.8 cm³/mol. The van der Waals surface area contributed by atoms with Crippen LogP contribution in [0.1, 0.15) is 38.3 Å². The average molecular weight is 279 g/mol. The quantitative estimate of drug-likeness (QED) is 0.843. The number of nitriles is 1. The third-order valence-electron chi connectivity index (χ3n) is 3.50. The zero-order valence-corrected chi connectivity index (χ0v) is 11.7. The largest absolute Gasteiger partial charge is 0.244 e. The molecule has 1 saturated carbocycles. The maximum absolute atomic E-state index is 12.6. The lowest BCUT2D eigenvalue weighted by Gasteiger charge is -2.26. The number of aromatic nitrogens is 1. The molecule has 5 nitrogen and oxygen atoms in total. The second-order valence-corrected chi connectivity index (χ2v) is 6.53. The van der Waals surface area contributed by atoms with E-state index in [1.807, 2.05) is 13.0 Å². The maximum atomic E-state index is 12.6. The number of nitrogens with zero attached hydrogens (tertiary/aromatic N) is 3. The summed E-state index contributed by atoms with van der Waals surface area (Å²) in [7, 11) is -3.50. The van der Waals surface area contributed by atoms with E-state index < -0.39 is 10.0 Å². The van der Waals surface area contributed by atoms with Crippen molar-refractivity contribution in [3.63, 3.8) is 0 Å². The van der Waals surface area contributed by atoms with Crippen LogP contribution in [0.15, 0.2) is 23.2 Å². The van der Waals surface area contributed by atoms with Crippen molar-refractivity contribution in [3.05, 3.63) is 24.0 Å². The minimum atomic E-state index is -3.50. The third-order valence-corrected chi connectivity index (χ3v) is 5.51. The number of hydrogen-bond acceptors (Lipinski definition) is 4. The van der Waals surface area contributed by atoms with Gasteiger partial charge in [-0.05, 0) is 25.0 Å². The van der Waals surface area contributed by atoms with Gasteiger partial charge in [0.05, 0.1) is 0 Å². The van der Waals surface area contributed by atoms with Gasteiger partial charge in [-0.15, -0.1) is 0 Å². The van der Waals surface area contributed by atoms with E-state index in [0.717, 1.165) is 25.7 Å². The fourth-order valence-electron chi connectivity index (χ4n) is 2.55. The van der Waals surface area contributed by atoms with E-state index in [1.165, 1.54) is 18.3 Å². The Morgan fingerprint density at radius 2 is 2.11 bits per heavy atom. The lowest BCUT2D eigenvalue weighted by atomic mass is 10.2. The second-order valence-electron chi connectivity index (χ2n) is 4.64. The maximum Gasteiger partial charge on any atom is 0.244 e. The van der Waals surface area contributed by atoms with Crippen LogP contribution in [0.5, 0.6) is 0 Å². The highest BCUT2D eigenvalue weighted by Crippen LogP contribution is 2.28. The molecule has 0 radical (unpaired) electrons. The first-order valence-electron chi connectivity index (χ1n) is 6.47. The minimum Gasteiger partial charge on any atom is -0.244 e. The van der Waals surface area contributed by atoms with Gasteiger partial charge in [0.1, 0.15) is 16.7 Å². The summed E-state index contributed by atoms with van der Waals surface area (Å²) >= 11 is 0. The molecule has 0 aromatic carbocycles. The first-order chi connectivity index (χ1) is 9.09. The second kappa shape index (κ2) is 5.68. The fourth-order valence-corrected chi connectivity index (χ4v) is 4.19. The van der Waals surface area contributed by atoms with Crippen molar-refractivity contribution >= 4 is 10.0 Å². The molecule has 1 aliphatic rings. The van der Waals surface area contributed by atoms with Crippen molar-refractivity contribution in [2.24, 2.45) is 0 Å². The molecular formula is C13H17N3O2S. The van der Waals surface area contributed by atoms with E-state index in [1.54, 1.807) is 4.31 Å². The Bertz CT molecular complexity index is 569. The highest BCUT2D eigenvalue weighted by atomic mass is 32.2. The first kappa shape index (κ1) is 14.0. The number of hydrogen-bond donors (Lipinski definition) is 0. The Kier molecular flexibility index (Phi) is 4.17. The average Bonchev–Trinajstić information content (AvgIpc) is 2.93. The van der Waals surface area contributed by atoms with Crippen molar-refractivity contribution in [1.29, 1.82) is 5.26 Å². The van der Waals surface area contributed by atoms with E-state index >= 15 is 0 Å². The standard InChI is InChI=1S/C13H17N3O2S/c1-2-16(12-5-3-4-6-12)19(17,18)13-8-7-11(9-14)15-10-13/h7-8,10,12H,2-6H2,1H3. The highest BCUT2D eigenvalue weighted by Gasteiger charge is 2.32. The molecule has 0 atom stereocenters. The number of pyridine rings is 1. The van der Waals surface area contributed by atoms with Gasteiger partial charge in [0.2, 0.25) is 10.0 Å². The Hall–Kier alpha value is -1.45. The monoisotopic (exact) mass is 279 g/mol. The molecule has 1 aliphatic carbocycles. The van der Waals surface area contributed by atoms with Crippen molar-refractivity contribution in [2.45, 2.75) is 43.5 Å². The molecule has 0 bridgehead atoms. The SMILES string of the molecule is CCN(C1CCCC1)S(=O)(=O)c1ccc(C#N)nc1. The Balaban J connectivity index is 2.31. The van der Waals surface area contributed by atoms with Crippen LogP contribution in [0.2, 0.25) is 0 Å². The number of sulfonamides is 1. The van der Waals surface area contributed by atoms with Crippen LogP contribution >= 0.6 is 0 Å². The minimum absolute atomic E-state index is 0.102. The first-order valence-corrected chi connectivity index (χ1v) is 7.91. The van der Waals surface area contributed by atoms with Gasteiger partial charge < -0.3 is 0 Å². The molecule has 0 aliphatic heterocycles. The molecule has 0 N–H and O–H groups in total. The van der Waals surface area contributed by atoms with Crippen LogP contribution in [0, 0.1) is 11.3 Å². The molecule has 0 saturated heterocycles. The fraction of sp³-hybridized carbons (Fsp3) is 0.538. The summed E-state index contributed by atoms with van der Waals surface area (Å²) in [5.74, 6) is 0. The normalized spacial score (nSPS) is 16.7. The van der Waals surface area contributed by atoms with Gasteiger partial charge >= 0.3 is 0 Å². The lowest BCUT2D eigenvalue weighted by molar-refractivity contribution is 0.335. The van der Waals surface area contributed by atoms with E-state index in [2.05, 4.69) is 4.98 Å². The van der Waals surface area contributed by atoms with Gasteiger partial charge in [0.25, 0.3) is 0 Å². The molecule has 0 amide bonds. The molecular weight excluding hydrogens is 262 g/mol. The van der Waals surface area contributed by atoms with Gasteiger partial charge in [0.15, 0.2) is 0 Å². The molecule has 1 aromatic rings. The third kappa shape index (κ3) is 2.77. The molecule has 1 heterocycles. The molecule has 2 rings (SSSR count). The Morgan fingerprint density at radius 3 is 2.58 bits per heavy atom. The lowest BCUT2D eigenvalue weighted by Crippen LogP contribution is -2.38. The smallest absolute Gasteiger partial charge is 0.244 e. The molecule has 1 fully saturated rings. The molecule has 0 spiro atoms. The Labute approximate surface area is 113 Å². The predicted octanol–water partition coefficient (Wildman–Crippen LogP) is 1.91. The van der Waals surface area contributed by atoms with Crippen LogP contribution in [0.3, 0.4) is 0 Å². The summed E-state index contributed by atoms with van der Waals surface area (Å²) in [6, 6.07) is 4.88. The summed E-state index contributed by atoms with van der Waals surface area (Å²) in [5.41, 5.74) is 0.225. The van der Waals surface area contributed by atoms with Gasteiger partial charge in [-0.2, -0.15) is 9.57 Å². The summed E-state index contributed by atoms with van der Waals surface area (Å²) < 4.78 is 26.7. The summed E-state index contributed by atoms with van der Waals surface area (Å²) in [6.45, 7) is 2.32. The molecule has 6 heteroatoms. The molecule has 1 aromatic heterocycles. The van der Waals surface area contributed by atoms with Gasteiger partial charge in [0, 0.05) is 18.8 Å². The van der Waals surface area contributed by atoms with Gasteiger partial charge in [-0.3, -0.25) is 0 Å². The zero-order valence-electron chi connectivity index (χ0n) is 10.9. The highest BCUT2D eigenvalue weighted by molar-refractivity contribution is 7.89. The van der Waals surface area contributed by atoms with Crippen LogP contribution in [0.25, 0.3) is 0 Å². The van der Waals surface area contributed by atoms with Gasteiger partial charge in [-0.1, -0.05) is 19.8 Å².